The third-order valence-electron chi connectivity index (χ3n) is 3.71. The number of fused-ring (bicyclic) bond motifs is 1. The van der Waals surface area contributed by atoms with E-state index in [4.69, 9.17) is 0 Å². The average molecular weight is 297 g/mol. The lowest BCUT2D eigenvalue weighted by Crippen LogP contribution is -2.31. The van der Waals surface area contributed by atoms with E-state index in [9.17, 15) is 4.79 Å². The number of hydrogen-bond acceptors (Lipinski definition) is 2. The first-order valence-electron chi connectivity index (χ1n) is 7.41. The molecule has 0 aliphatic carbocycles. The van der Waals surface area contributed by atoms with Gasteiger partial charge in [-0.3, -0.25) is 4.79 Å². The van der Waals surface area contributed by atoms with Crippen molar-refractivity contribution in [3.63, 3.8) is 0 Å². The summed E-state index contributed by atoms with van der Waals surface area (Å²) in [6.07, 6.45) is 2.44. The summed E-state index contributed by atoms with van der Waals surface area (Å²) in [5, 5.41) is 0. The zero-order valence-electron chi connectivity index (χ0n) is 12.0. The number of nitrogens with zero attached hydrogens (tertiary/aromatic N) is 1. The summed E-state index contributed by atoms with van der Waals surface area (Å²) in [4.78, 5) is 15.8. The number of hydrogen-bond donors (Lipinski definition) is 0. The molecule has 0 bridgehead atoms. The highest BCUT2D eigenvalue weighted by molar-refractivity contribution is 7.99. The number of amides is 1. The smallest absolute Gasteiger partial charge is 0.227 e. The van der Waals surface area contributed by atoms with Crippen LogP contribution in [-0.2, 0) is 11.2 Å². The summed E-state index contributed by atoms with van der Waals surface area (Å²) in [6.45, 7) is 0.831. The second-order valence-electron chi connectivity index (χ2n) is 5.20. The fourth-order valence-electron chi connectivity index (χ4n) is 2.62. The lowest BCUT2D eigenvalue weighted by molar-refractivity contribution is -0.118. The minimum absolute atomic E-state index is 0.230. The van der Waals surface area contributed by atoms with E-state index >= 15 is 0 Å². The van der Waals surface area contributed by atoms with Gasteiger partial charge in [0.25, 0.3) is 0 Å². The maximum absolute atomic E-state index is 12.6. The molecule has 0 unspecified atom stereocenters. The van der Waals surface area contributed by atoms with Gasteiger partial charge in [-0.15, -0.1) is 11.8 Å². The highest BCUT2D eigenvalue weighted by Gasteiger charge is 2.20. The van der Waals surface area contributed by atoms with Crippen molar-refractivity contribution in [2.75, 3.05) is 17.2 Å². The van der Waals surface area contributed by atoms with Crippen LogP contribution in [0.1, 0.15) is 18.4 Å². The van der Waals surface area contributed by atoms with Crippen LogP contribution in [0.15, 0.2) is 59.5 Å². The second-order valence-corrected chi connectivity index (χ2v) is 6.34. The van der Waals surface area contributed by atoms with Crippen LogP contribution in [0.3, 0.4) is 0 Å². The molecule has 1 aliphatic heterocycles. The first-order chi connectivity index (χ1) is 10.3. The van der Waals surface area contributed by atoms with Gasteiger partial charge in [-0.1, -0.05) is 42.5 Å². The Bertz CT molecular complexity index is 612. The van der Waals surface area contributed by atoms with Gasteiger partial charge in [-0.05, 0) is 36.3 Å². The van der Waals surface area contributed by atoms with Gasteiger partial charge >= 0.3 is 0 Å². The Morgan fingerprint density at radius 3 is 2.67 bits per heavy atom. The van der Waals surface area contributed by atoms with Crippen LogP contribution < -0.4 is 4.90 Å². The molecule has 3 rings (SSSR count). The van der Waals surface area contributed by atoms with Crippen LogP contribution >= 0.6 is 11.8 Å². The Labute approximate surface area is 130 Å². The van der Waals surface area contributed by atoms with E-state index in [-0.39, 0.29) is 5.91 Å². The van der Waals surface area contributed by atoms with Gasteiger partial charge in [0.15, 0.2) is 0 Å². The molecule has 1 aliphatic rings. The van der Waals surface area contributed by atoms with E-state index in [0.717, 1.165) is 30.8 Å². The standard InChI is InChI=1S/C18H19NOS/c20-18(12-11-15-7-2-1-3-8-15)19-13-6-14-21-17-10-5-4-9-16(17)19/h1-5,7-10H,6,11-14H2. The molecule has 1 amide bonds. The fraction of sp³-hybridized carbons (Fsp3) is 0.278. The minimum atomic E-state index is 0.230. The molecule has 0 N–H and O–H groups in total. The van der Waals surface area contributed by atoms with E-state index in [0.29, 0.717) is 6.42 Å². The number of aryl methyl sites for hydroxylation is 1. The second kappa shape index (κ2) is 6.81. The largest absolute Gasteiger partial charge is 0.311 e. The summed E-state index contributed by atoms with van der Waals surface area (Å²) in [5.74, 6) is 1.31. The summed E-state index contributed by atoms with van der Waals surface area (Å²) < 4.78 is 0. The van der Waals surface area contributed by atoms with Crippen molar-refractivity contribution < 1.29 is 4.79 Å². The third-order valence-corrected chi connectivity index (χ3v) is 4.86. The lowest BCUT2D eigenvalue weighted by Gasteiger charge is -2.22. The van der Waals surface area contributed by atoms with E-state index in [1.165, 1.54) is 10.5 Å². The number of anilines is 1. The molecule has 0 saturated carbocycles. The van der Waals surface area contributed by atoms with Gasteiger partial charge in [-0.2, -0.15) is 0 Å². The van der Waals surface area contributed by atoms with E-state index in [1.807, 2.05) is 47.0 Å². The molecule has 3 heteroatoms. The fourth-order valence-corrected chi connectivity index (χ4v) is 3.61. The lowest BCUT2D eigenvalue weighted by atomic mass is 10.1. The van der Waals surface area contributed by atoms with Crippen LogP contribution in [0.25, 0.3) is 0 Å². The van der Waals surface area contributed by atoms with Crippen LogP contribution in [0, 0.1) is 0 Å². The molecule has 0 atom stereocenters. The molecule has 2 aromatic carbocycles. The normalized spacial score (nSPS) is 14.4. The van der Waals surface area contributed by atoms with Crippen molar-refractivity contribution in [3.8, 4) is 0 Å². The molecule has 0 fully saturated rings. The Balaban J connectivity index is 1.72. The summed E-state index contributed by atoms with van der Waals surface area (Å²) in [5.41, 5.74) is 2.31. The zero-order chi connectivity index (χ0) is 14.5. The van der Waals surface area contributed by atoms with Crippen LogP contribution in [0.2, 0.25) is 0 Å². The number of thioether (sulfide) groups is 1. The first-order valence-corrected chi connectivity index (χ1v) is 8.39. The van der Waals surface area contributed by atoms with Crippen molar-refractivity contribution in [1.29, 1.82) is 0 Å². The molecule has 0 aromatic heterocycles. The SMILES string of the molecule is O=C(CCc1ccccc1)N1CCCSc2ccccc21. The molecular formula is C18H19NOS. The summed E-state index contributed by atoms with van der Waals surface area (Å²) in [6, 6.07) is 18.5. The Morgan fingerprint density at radius 2 is 1.81 bits per heavy atom. The Kier molecular flexibility index (Phi) is 4.61. The van der Waals surface area contributed by atoms with Gasteiger partial charge < -0.3 is 4.90 Å². The van der Waals surface area contributed by atoms with Gasteiger partial charge in [0.2, 0.25) is 5.91 Å². The van der Waals surface area contributed by atoms with Crippen LogP contribution in [0.5, 0.6) is 0 Å². The van der Waals surface area contributed by atoms with E-state index in [2.05, 4.69) is 24.3 Å². The van der Waals surface area contributed by atoms with E-state index in [1.54, 1.807) is 0 Å². The van der Waals surface area contributed by atoms with E-state index < -0.39 is 0 Å². The third kappa shape index (κ3) is 3.48. The van der Waals surface area contributed by atoms with Gasteiger partial charge in [0.1, 0.15) is 0 Å². The Hall–Kier alpha value is -1.74. The topological polar surface area (TPSA) is 20.3 Å². The monoisotopic (exact) mass is 297 g/mol. The van der Waals surface area contributed by atoms with Crippen molar-refractivity contribution in [3.05, 3.63) is 60.2 Å². The number of carbonyl (C=O) groups is 1. The molecule has 0 spiro atoms. The molecular weight excluding hydrogens is 278 g/mol. The molecule has 21 heavy (non-hydrogen) atoms. The quantitative estimate of drug-likeness (QED) is 0.848. The van der Waals surface area contributed by atoms with Gasteiger partial charge in [0, 0.05) is 17.9 Å². The minimum Gasteiger partial charge on any atom is -0.311 e. The number of carbonyl (C=O) groups excluding carboxylic acids is 1. The maximum Gasteiger partial charge on any atom is 0.227 e. The first kappa shape index (κ1) is 14.2. The van der Waals surface area contributed by atoms with Gasteiger partial charge in [0.05, 0.1) is 5.69 Å². The van der Waals surface area contributed by atoms with Crippen molar-refractivity contribution in [1.82, 2.24) is 0 Å². The molecule has 108 valence electrons. The summed E-state index contributed by atoms with van der Waals surface area (Å²) >= 11 is 1.85. The number of para-hydroxylation sites is 1. The van der Waals surface area contributed by atoms with Crippen molar-refractivity contribution in [2.45, 2.75) is 24.2 Å². The number of rotatable bonds is 3. The van der Waals surface area contributed by atoms with Crippen LogP contribution in [0.4, 0.5) is 5.69 Å². The molecule has 0 saturated heterocycles. The molecule has 2 nitrogen and oxygen atoms in total. The predicted molar refractivity (Wildman–Crippen MR) is 88.9 cm³/mol. The molecule has 2 aromatic rings. The summed E-state index contributed by atoms with van der Waals surface area (Å²) in [7, 11) is 0. The van der Waals surface area contributed by atoms with Gasteiger partial charge in [-0.25, -0.2) is 0 Å². The number of benzene rings is 2. The Morgan fingerprint density at radius 1 is 1.05 bits per heavy atom. The highest BCUT2D eigenvalue weighted by atomic mass is 32.2. The average Bonchev–Trinajstić information content (AvgIpc) is 2.76. The highest BCUT2D eigenvalue weighted by Crippen LogP contribution is 2.33. The van der Waals surface area contributed by atoms with Crippen LogP contribution in [-0.4, -0.2) is 18.2 Å². The molecule has 0 radical (unpaired) electrons. The predicted octanol–water partition coefficient (Wildman–Crippen LogP) is 4.15. The zero-order valence-corrected chi connectivity index (χ0v) is 12.8. The van der Waals surface area contributed by atoms with Crippen molar-refractivity contribution >= 4 is 23.4 Å². The maximum atomic E-state index is 12.6. The van der Waals surface area contributed by atoms with Crippen molar-refractivity contribution in [2.24, 2.45) is 0 Å². The molecule has 1 heterocycles.